The van der Waals surface area contributed by atoms with Gasteiger partial charge >= 0.3 is 0 Å². The zero-order chi connectivity index (χ0) is 16.7. The van der Waals surface area contributed by atoms with E-state index in [1.165, 1.54) is 5.69 Å². The molecule has 2 saturated heterocycles. The van der Waals surface area contributed by atoms with E-state index >= 15 is 0 Å². The fraction of sp³-hybridized carbons (Fsp3) is 0.500. The number of likely N-dealkylation sites (tertiary alicyclic amines) is 1. The van der Waals surface area contributed by atoms with Crippen molar-refractivity contribution in [1.82, 2.24) is 19.7 Å². The lowest BCUT2D eigenvalue weighted by Gasteiger charge is -2.41. The Kier molecular flexibility index (Phi) is 3.75. The average molecular weight is 325 g/mol. The molecule has 24 heavy (non-hydrogen) atoms. The topological polar surface area (TPSA) is 54.3 Å². The molecule has 0 aliphatic carbocycles. The van der Waals surface area contributed by atoms with Crippen molar-refractivity contribution in [3.63, 3.8) is 0 Å². The quantitative estimate of drug-likeness (QED) is 0.868. The van der Waals surface area contributed by atoms with Crippen molar-refractivity contribution >= 4 is 11.7 Å². The Balaban J connectivity index is 1.52. The van der Waals surface area contributed by atoms with Gasteiger partial charge in [-0.3, -0.25) is 9.48 Å². The molecule has 0 unspecified atom stereocenters. The summed E-state index contributed by atoms with van der Waals surface area (Å²) in [6, 6.07) is 6.21. The predicted octanol–water partition coefficient (Wildman–Crippen LogP) is 2.19. The van der Waals surface area contributed by atoms with Crippen LogP contribution in [-0.4, -0.2) is 51.8 Å². The Morgan fingerprint density at radius 3 is 2.62 bits per heavy atom. The van der Waals surface area contributed by atoms with Gasteiger partial charge in [0.15, 0.2) is 0 Å². The highest BCUT2D eigenvalue weighted by molar-refractivity contribution is 5.99. The minimum atomic E-state index is 0.116. The number of hydrogen-bond acceptors (Lipinski definition) is 4. The summed E-state index contributed by atoms with van der Waals surface area (Å²) < 4.78 is 2.09. The van der Waals surface area contributed by atoms with Crippen molar-refractivity contribution in [2.45, 2.75) is 32.7 Å². The van der Waals surface area contributed by atoms with Crippen LogP contribution in [0.2, 0.25) is 0 Å². The number of aromatic nitrogens is 3. The van der Waals surface area contributed by atoms with E-state index in [-0.39, 0.29) is 5.91 Å². The molecule has 2 aliphatic rings. The van der Waals surface area contributed by atoms with Gasteiger partial charge in [0.25, 0.3) is 5.91 Å². The van der Waals surface area contributed by atoms with Crippen LogP contribution < -0.4 is 4.90 Å². The van der Waals surface area contributed by atoms with Crippen LogP contribution in [0.1, 0.15) is 40.6 Å². The number of pyridine rings is 1. The lowest BCUT2D eigenvalue weighted by Crippen LogP contribution is -2.49. The third-order valence-electron chi connectivity index (χ3n) is 4.96. The van der Waals surface area contributed by atoms with E-state index in [0.29, 0.717) is 6.04 Å². The van der Waals surface area contributed by atoms with E-state index in [9.17, 15) is 4.79 Å². The van der Waals surface area contributed by atoms with Gasteiger partial charge in [-0.15, -0.1) is 0 Å². The highest BCUT2D eigenvalue weighted by atomic mass is 16.2. The lowest BCUT2D eigenvalue weighted by molar-refractivity contribution is 0.0792. The maximum Gasteiger partial charge on any atom is 0.257 e. The summed E-state index contributed by atoms with van der Waals surface area (Å²) in [6.07, 6.45) is 3.98. The minimum Gasteiger partial charge on any atom is -0.352 e. The fourth-order valence-corrected chi connectivity index (χ4v) is 3.71. The molecule has 126 valence electrons. The molecule has 6 heteroatoms. The standard InChI is InChI=1S/C18H23N5O/c1-13-10-14(2)23(20-13)15-11-22(12-15)17-16(6-5-7-19-17)18(24)21-8-3-4-9-21/h5-7,10,15H,3-4,8-9,11-12H2,1-2H3. The highest BCUT2D eigenvalue weighted by Gasteiger charge is 2.34. The SMILES string of the molecule is Cc1cc(C)n(C2CN(c3ncccc3C(=O)N3CCCC3)C2)n1. The van der Waals surface area contributed by atoms with Crippen LogP contribution in [0.5, 0.6) is 0 Å². The molecule has 2 aromatic rings. The number of hydrogen-bond donors (Lipinski definition) is 0. The first kappa shape index (κ1) is 15.2. The molecule has 2 aromatic heterocycles. The average Bonchev–Trinajstić information content (AvgIpc) is 3.16. The second-order valence-electron chi connectivity index (χ2n) is 6.80. The van der Waals surface area contributed by atoms with Crippen LogP contribution in [0.3, 0.4) is 0 Å². The number of rotatable bonds is 3. The third-order valence-corrected chi connectivity index (χ3v) is 4.96. The number of nitrogens with zero attached hydrogens (tertiary/aromatic N) is 5. The molecule has 0 aromatic carbocycles. The van der Waals surface area contributed by atoms with Crippen LogP contribution in [-0.2, 0) is 0 Å². The van der Waals surface area contributed by atoms with E-state index in [1.807, 2.05) is 24.0 Å². The summed E-state index contributed by atoms with van der Waals surface area (Å²) in [5, 5.41) is 4.58. The zero-order valence-corrected chi connectivity index (χ0v) is 14.3. The number of amides is 1. The van der Waals surface area contributed by atoms with Crippen LogP contribution in [0.4, 0.5) is 5.82 Å². The van der Waals surface area contributed by atoms with Crippen LogP contribution >= 0.6 is 0 Å². The molecule has 0 spiro atoms. The molecular formula is C18H23N5O. The van der Waals surface area contributed by atoms with Crippen molar-refractivity contribution in [2.24, 2.45) is 0 Å². The number of aryl methyl sites for hydroxylation is 2. The summed E-state index contributed by atoms with van der Waals surface area (Å²) in [5.41, 5.74) is 2.96. The van der Waals surface area contributed by atoms with Gasteiger partial charge in [-0.2, -0.15) is 5.10 Å². The van der Waals surface area contributed by atoms with Crippen molar-refractivity contribution in [3.8, 4) is 0 Å². The van der Waals surface area contributed by atoms with Gasteiger partial charge in [0.05, 0.1) is 17.3 Å². The third kappa shape index (κ3) is 2.56. The van der Waals surface area contributed by atoms with Gasteiger partial charge in [-0.05, 0) is 44.9 Å². The molecular weight excluding hydrogens is 302 g/mol. The first-order valence-electron chi connectivity index (χ1n) is 8.65. The van der Waals surface area contributed by atoms with Gasteiger partial charge in [0.2, 0.25) is 0 Å². The van der Waals surface area contributed by atoms with E-state index in [0.717, 1.165) is 56.1 Å². The summed E-state index contributed by atoms with van der Waals surface area (Å²) >= 11 is 0. The van der Waals surface area contributed by atoms with E-state index in [1.54, 1.807) is 6.20 Å². The number of carbonyl (C=O) groups excluding carboxylic acids is 1. The molecule has 4 heterocycles. The summed E-state index contributed by atoms with van der Waals surface area (Å²) in [5.74, 6) is 0.928. The molecule has 2 aliphatic heterocycles. The first-order valence-corrected chi connectivity index (χ1v) is 8.65. The number of anilines is 1. The predicted molar refractivity (Wildman–Crippen MR) is 92.3 cm³/mol. The van der Waals surface area contributed by atoms with Gasteiger partial charge in [-0.25, -0.2) is 4.98 Å². The van der Waals surface area contributed by atoms with Crippen molar-refractivity contribution in [3.05, 3.63) is 41.3 Å². The van der Waals surface area contributed by atoms with Crippen molar-refractivity contribution in [2.75, 3.05) is 31.1 Å². The molecule has 0 bridgehead atoms. The zero-order valence-electron chi connectivity index (χ0n) is 14.3. The first-order chi connectivity index (χ1) is 11.6. The Morgan fingerprint density at radius 2 is 1.96 bits per heavy atom. The van der Waals surface area contributed by atoms with Gasteiger partial charge in [0.1, 0.15) is 5.82 Å². The molecule has 0 saturated carbocycles. The maximum atomic E-state index is 12.8. The molecule has 0 N–H and O–H groups in total. The Morgan fingerprint density at radius 1 is 1.21 bits per heavy atom. The van der Waals surface area contributed by atoms with Gasteiger partial charge < -0.3 is 9.80 Å². The Hall–Kier alpha value is -2.37. The smallest absolute Gasteiger partial charge is 0.257 e. The Bertz CT molecular complexity index is 757. The van der Waals surface area contributed by atoms with Gasteiger partial charge in [-0.1, -0.05) is 0 Å². The molecule has 0 atom stereocenters. The van der Waals surface area contributed by atoms with Gasteiger partial charge in [0, 0.05) is 38.1 Å². The summed E-state index contributed by atoms with van der Waals surface area (Å²) in [7, 11) is 0. The maximum absolute atomic E-state index is 12.8. The molecule has 1 amide bonds. The molecule has 6 nitrogen and oxygen atoms in total. The molecule has 4 rings (SSSR count). The second-order valence-corrected chi connectivity index (χ2v) is 6.80. The lowest BCUT2D eigenvalue weighted by atomic mass is 10.1. The largest absolute Gasteiger partial charge is 0.352 e. The normalized spacial score (nSPS) is 18.1. The van der Waals surface area contributed by atoms with Crippen LogP contribution in [0.15, 0.2) is 24.4 Å². The minimum absolute atomic E-state index is 0.116. The van der Waals surface area contributed by atoms with Crippen LogP contribution in [0.25, 0.3) is 0 Å². The molecule has 0 radical (unpaired) electrons. The summed E-state index contributed by atoms with van der Waals surface area (Å²) in [4.78, 5) is 21.4. The number of carbonyl (C=O) groups is 1. The van der Waals surface area contributed by atoms with Crippen molar-refractivity contribution < 1.29 is 4.79 Å². The highest BCUT2D eigenvalue weighted by Crippen LogP contribution is 2.30. The van der Waals surface area contributed by atoms with E-state index in [4.69, 9.17) is 0 Å². The molecule has 2 fully saturated rings. The second kappa shape index (κ2) is 5.92. The van der Waals surface area contributed by atoms with Crippen LogP contribution in [0, 0.1) is 13.8 Å². The van der Waals surface area contributed by atoms with Crippen molar-refractivity contribution in [1.29, 1.82) is 0 Å². The fourth-order valence-electron chi connectivity index (χ4n) is 3.71. The van der Waals surface area contributed by atoms with E-state index in [2.05, 4.69) is 32.7 Å². The summed E-state index contributed by atoms with van der Waals surface area (Å²) in [6.45, 7) is 7.53. The monoisotopic (exact) mass is 325 g/mol. The van der Waals surface area contributed by atoms with E-state index < -0.39 is 0 Å². The Labute approximate surface area is 142 Å².